The maximum atomic E-state index is 4.59. The Kier molecular flexibility index (Phi) is 3.97. The fourth-order valence-electron chi connectivity index (χ4n) is 3.54. The van der Waals surface area contributed by atoms with Gasteiger partial charge >= 0.3 is 0 Å². The van der Waals surface area contributed by atoms with Crippen LogP contribution in [0.15, 0.2) is 43.1 Å². The SMILES string of the molecule is C=C(c1ccc(N2CCCCC2)s1)c1c(-c2ccccn2)nn2[nH]nnc12. The van der Waals surface area contributed by atoms with Crippen molar-refractivity contribution in [1.82, 2.24) is 30.2 Å². The molecule has 0 spiro atoms. The molecule has 27 heavy (non-hydrogen) atoms. The van der Waals surface area contributed by atoms with Crippen LogP contribution in [0.5, 0.6) is 0 Å². The second kappa shape index (κ2) is 6.62. The van der Waals surface area contributed by atoms with E-state index < -0.39 is 0 Å². The molecule has 0 amide bonds. The van der Waals surface area contributed by atoms with Crippen molar-refractivity contribution >= 4 is 27.6 Å². The summed E-state index contributed by atoms with van der Waals surface area (Å²) >= 11 is 1.77. The third-order valence-electron chi connectivity index (χ3n) is 4.91. The molecule has 0 aliphatic carbocycles. The number of aromatic nitrogens is 6. The molecule has 0 bridgehead atoms. The molecule has 1 N–H and O–H groups in total. The van der Waals surface area contributed by atoms with Crippen molar-refractivity contribution in [1.29, 1.82) is 0 Å². The number of rotatable bonds is 4. The molecule has 1 fully saturated rings. The first-order chi connectivity index (χ1) is 13.3. The van der Waals surface area contributed by atoms with Crippen molar-refractivity contribution in [2.24, 2.45) is 0 Å². The van der Waals surface area contributed by atoms with Crippen molar-refractivity contribution in [3.63, 3.8) is 0 Å². The van der Waals surface area contributed by atoms with E-state index in [0.717, 1.165) is 40.5 Å². The van der Waals surface area contributed by atoms with Gasteiger partial charge in [-0.2, -0.15) is 5.21 Å². The molecule has 8 heteroatoms. The highest BCUT2D eigenvalue weighted by Crippen LogP contribution is 2.38. The molecule has 1 aliphatic heterocycles. The number of nitrogens with zero attached hydrogens (tertiary/aromatic N) is 6. The van der Waals surface area contributed by atoms with E-state index in [4.69, 9.17) is 0 Å². The highest BCUT2D eigenvalue weighted by atomic mass is 32.1. The van der Waals surface area contributed by atoms with Crippen LogP contribution in [-0.2, 0) is 0 Å². The summed E-state index contributed by atoms with van der Waals surface area (Å²) in [5, 5.41) is 16.8. The zero-order valence-corrected chi connectivity index (χ0v) is 15.6. The van der Waals surface area contributed by atoms with E-state index in [1.54, 1.807) is 22.2 Å². The molecule has 5 rings (SSSR count). The van der Waals surface area contributed by atoms with E-state index in [0.29, 0.717) is 5.65 Å². The van der Waals surface area contributed by atoms with Gasteiger partial charge in [-0.3, -0.25) is 4.98 Å². The third kappa shape index (κ3) is 2.82. The lowest BCUT2D eigenvalue weighted by Crippen LogP contribution is -2.28. The van der Waals surface area contributed by atoms with Gasteiger partial charge in [-0.25, -0.2) is 0 Å². The molecule has 0 atom stereocenters. The number of pyridine rings is 1. The summed E-state index contributed by atoms with van der Waals surface area (Å²) < 4.78 is 1.57. The minimum Gasteiger partial charge on any atom is -0.363 e. The van der Waals surface area contributed by atoms with E-state index in [1.165, 1.54) is 24.3 Å². The molecule has 0 saturated carbocycles. The topological polar surface area (TPSA) is 75.0 Å². The molecule has 1 saturated heterocycles. The fourth-order valence-corrected chi connectivity index (χ4v) is 4.58. The molecule has 136 valence electrons. The second-order valence-corrected chi connectivity index (χ2v) is 7.70. The average Bonchev–Trinajstić information content (AvgIpc) is 3.44. The standard InChI is InChI=1S/C19H19N7S/c1-13(15-8-9-16(27-15)25-11-5-2-6-12-25)17-18(14-7-3-4-10-20-14)22-26-19(17)21-23-24-26/h3-4,7-10H,1-2,5-6,11-12H2,(H,21,24). The van der Waals surface area contributed by atoms with Gasteiger partial charge < -0.3 is 4.90 Å². The van der Waals surface area contributed by atoms with Crippen LogP contribution < -0.4 is 4.90 Å². The maximum absolute atomic E-state index is 4.59. The summed E-state index contributed by atoms with van der Waals surface area (Å²) in [6.45, 7) is 6.63. The van der Waals surface area contributed by atoms with Gasteiger partial charge in [0.25, 0.3) is 0 Å². The average molecular weight is 377 g/mol. The van der Waals surface area contributed by atoms with Crippen molar-refractivity contribution < 1.29 is 0 Å². The van der Waals surface area contributed by atoms with Gasteiger partial charge in [-0.05, 0) is 54.3 Å². The largest absolute Gasteiger partial charge is 0.363 e. The zero-order valence-electron chi connectivity index (χ0n) is 14.8. The van der Waals surface area contributed by atoms with E-state index >= 15 is 0 Å². The number of nitrogens with one attached hydrogen (secondary N) is 1. The van der Waals surface area contributed by atoms with E-state index in [-0.39, 0.29) is 0 Å². The number of fused-ring (bicyclic) bond motifs is 1. The predicted molar refractivity (Wildman–Crippen MR) is 107 cm³/mol. The number of anilines is 1. The van der Waals surface area contributed by atoms with Gasteiger partial charge in [0.05, 0.1) is 16.3 Å². The second-order valence-electron chi connectivity index (χ2n) is 6.64. The molecule has 4 aromatic heterocycles. The number of hydrogen-bond donors (Lipinski definition) is 1. The highest BCUT2D eigenvalue weighted by Gasteiger charge is 2.23. The van der Waals surface area contributed by atoms with Gasteiger partial charge in [0.15, 0.2) is 0 Å². The molecule has 4 aromatic rings. The van der Waals surface area contributed by atoms with Crippen LogP contribution in [0.4, 0.5) is 5.00 Å². The predicted octanol–water partition coefficient (Wildman–Crippen LogP) is 3.63. The number of aromatic amines is 1. The molecule has 5 heterocycles. The summed E-state index contributed by atoms with van der Waals surface area (Å²) in [6, 6.07) is 10.1. The Morgan fingerprint density at radius 2 is 2.00 bits per heavy atom. The van der Waals surface area contributed by atoms with Crippen molar-refractivity contribution in [2.75, 3.05) is 18.0 Å². The maximum Gasteiger partial charge on any atom is 0.207 e. The Morgan fingerprint density at radius 3 is 2.81 bits per heavy atom. The molecule has 0 aromatic carbocycles. The van der Waals surface area contributed by atoms with Crippen molar-refractivity contribution in [3.8, 4) is 11.4 Å². The van der Waals surface area contributed by atoms with Crippen LogP contribution in [0.2, 0.25) is 0 Å². The minimum atomic E-state index is 0.661. The van der Waals surface area contributed by atoms with E-state index in [2.05, 4.69) is 49.2 Å². The Labute approximate surface area is 160 Å². The number of piperidine rings is 1. The lowest BCUT2D eigenvalue weighted by Gasteiger charge is -2.27. The van der Waals surface area contributed by atoms with Gasteiger partial charge in [0.2, 0.25) is 5.65 Å². The Balaban J connectivity index is 1.56. The quantitative estimate of drug-likeness (QED) is 0.588. The first-order valence-corrected chi connectivity index (χ1v) is 9.88. The van der Waals surface area contributed by atoms with Gasteiger partial charge in [0.1, 0.15) is 5.69 Å². The molecule has 0 radical (unpaired) electrons. The first kappa shape index (κ1) is 16.2. The van der Waals surface area contributed by atoms with Crippen LogP contribution in [0.25, 0.3) is 22.6 Å². The molecule has 0 unspecified atom stereocenters. The van der Waals surface area contributed by atoms with E-state index in [1.807, 2.05) is 18.2 Å². The summed E-state index contributed by atoms with van der Waals surface area (Å²) in [5.41, 5.74) is 3.98. The Bertz CT molecular complexity index is 1090. The molecule has 1 aliphatic rings. The first-order valence-electron chi connectivity index (χ1n) is 9.07. The van der Waals surface area contributed by atoms with Gasteiger partial charge in [-0.15, -0.1) is 26.2 Å². The molecular weight excluding hydrogens is 358 g/mol. The van der Waals surface area contributed by atoms with Crippen molar-refractivity contribution in [2.45, 2.75) is 19.3 Å². The molecular formula is C19H19N7S. The van der Waals surface area contributed by atoms with Crippen LogP contribution in [0, 0.1) is 0 Å². The van der Waals surface area contributed by atoms with Crippen LogP contribution in [0.1, 0.15) is 29.7 Å². The highest BCUT2D eigenvalue weighted by molar-refractivity contribution is 7.17. The van der Waals surface area contributed by atoms with E-state index in [9.17, 15) is 0 Å². The normalized spacial score (nSPS) is 14.7. The summed E-state index contributed by atoms with van der Waals surface area (Å²) in [5.74, 6) is 0. The zero-order chi connectivity index (χ0) is 18.2. The van der Waals surface area contributed by atoms with Crippen LogP contribution in [0.3, 0.4) is 0 Å². The van der Waals surface area contributed by atoms with Gasteiger partial charge in [-0.1, -0.05) is 12.6 Å². The lowest BCUT2D eigenvalue weighted by atomic mass is 10.0. The number of hydrogen-bond acceptors (Lipinski definition) is 6. The summed E-state index contributed by atoms with van der Waals surface area (Å²) in [7, 11) is 0. The number of H-pyrrole nitrogens is 1. The Morgan fingerprint density at radius 1 is 1.11 bits per heavy atom. The molecule has 7 nitrogen and oxygen atoms in total. The Hall–Kier alpha value is -3.00. The third-order valence-corrected chi connectivity index (χ3v) is 6.12. The monoisotopic (exact) mass is 377 g/mol. The smallest absolute Gasteiger partial charge is 0.207 e. The fraction of sp³-hybridized carbons (Fsp3) is 0.263. The minimum absolute atomic E-state index is 0.661. The van der Waals surface area contributed by atoms with Crippen molar-refractivity contribution in [3.05, 3.63) is 53.5 Å². The number of thiophene rings is 1. The van der Waals surface area contributed by atoms with Crippen LogP contribution in [-0.4, -0.2) is 43.3 Å². The van der Waals surface area contributed by atoms with Gasteiger partial charge in [0, 0.05) is 24.2 Å². The van der Waals surface area contributed by atoms with Crippen LogP contribution >= 0.6 is 11.3 Å². The summed E-state index contributed by atoms with van der Waals surface area (Å²) in [4.78, 5) is 8.04. The lowest BCUT2D eigenvalue weighted by molar-refractivity contribution is 0.580. The summed E-state index contributed by atoms with van der Waals surface area (Å²) in [6.07, 6.45) is 5.62. The number of tetrazole rings is 1.